The molecule has 1 aliphatic heterocycles. The maximum atomic E-state index is 11.6. The Bertz CT molecular complexity index is 481. The van der Waals surface area contributed by atoms with Gasteiger partial charge in [0.15, 0.2) is 0 Å². The molecule has 1 aromatic rings. The van der Waals surface area contributed by atoms with E-state index in [1.165, 1.54) is 18.2 Å². The molecule has 1 fully saturated rings. The average molecular weight is 247 g/mol. The lowest BCUT2D eigenvalue weighted by Crippen LogP contribution is -2.55. The Morgan fingerprint density at radius 3 is 2.61 bits per heavy atom. The van der Waals surface area contributed by atoms with E-state index >= 15 is 0 Å². The summed E-state index contributed by atoms with van der Waals surface area (Å²) in [6.45, 7) is 4.07. The predicted octanol–water partition coefficient (Wildman–Crippen LogP) is 1.61. The van der Waals surface area contributed by atoms with Gasteiger partial charge in [-0.1, -0.05) is 6.07 Å². The number of aryl methyl sites for hydroxylation is 2. The summed E-state index contributed by atoms with van der Waals surface area (Å²) in [5, 5.41) is 5.88. The van der Waals surface area contributed by atoms with E-state index in [2.05, 4.69) is 10.6 Å². The van der Waals surface area contributed by atoms with E-state index < -0.39 is 0 Å². The van der Waals surface area contributed by atoms with Crippen LogP contribution in [0.1, 0.15) is 17.5 Å². The van der Waals surface area contributed by atoms with Gasteiger partial charge in [-0.3, -0.25) is 9.69 Å². The fourth-order valence-corrected chi connectivity index (χ4v) is 1.84. The third kappa shape index (κ3) is 2.45. The number of carbonyl (C=O) groups is 2. The minimum atomic E-state index is -0.368. The lowest BCUT2D eigenvalue weighted by molar-refractivity contribution is -0.128. The standard InChI is InChI=1S/C13H17N3O2/c1-8-4-5-10(6-9(8)2)14-11-7-12(17)16(3)13(18)15-11/h4-6,11,14H,7H2,1-3H3,(H,15,18). The molecule has 0 saturated carbocycles. The van der Waals surface area contributed by atoms with E-state index in [9.17, 15) is 9.59 Å². The summed E-state index contributed by atoms with van der Waals surface area (Å²) in [4.78, 5) is 24.1. The van der Waals surface area contributed by atoms with Crippen LogP contribution in [0.2, 0.25) is 0 Å². The second-order valence-electron chi connectivity index (χ2n) is 4.60. The van der Waals surface area contributed by atoms with E-state index in [0.29, 0.717) is 0 Å². The molecule has 1 aromatic carbocycles. The SMILES string of the molecule is Cc1ccc(NC2CC(=O)N(C)C(=O)N2)cc1C. The van der Waals surface area contributed by atoms with E-state index in [4.69, 9.17) is 0 Å². The first-order valence-corrected chi connectivity index (χ1v) is 5.88. The lowest BCUT2D eigenvalue weighted by Gasteiger charge is -2.30. The zero-order valence-corrected chi connectivity index (χ0v) is 10.8. The molecule has 1 aliphatic rings. The monoisotopic (exact) mass is 247 g/mol. The van der Waals surface area contributed by atoms with Crippen molar-refractivity contribution in [3.8, 4) is 0 Å². The van der Waals surface area contributed by atoms with Crippen molar-refractivity contribution in [2.24, 2.45) is 0 Å². The van der Waals surface area contributed by atoms with Crippen LogP contribution in [0.15, 0.2) is 18.2 Å². The molecule has 1 heterocycles. The number of urea groups is 1. The van der Waals surface area contributed by atoms with Crippen molar-refractivity contribution in [1.29, 1.82) is 0 Å². The molecule has 5 nitrogen and oxygen atoms in total. The number of nitrogens with zero attached hydrogens (tertiary/aromatic N) is 1. The Morgan fingerprint density at radius 1 is 1.28 bits per heavy atom. The van der Waals surface area contributed by atoms with Gasteiger partial charge in [0, 0.05) is 12.7 Å². The van der Waals surface area contributed by atoms with E-state index in [1.807, 2.05) is 32.0 Å². The third-order valence-corrected chi connectivity index (χ3v) is 3.20. The largest absolute Gasteiger partial charge is 0.365 e. The van der Waals surface area contributed by atoms with Crippen molar-refractivity contribution < 1.29 is 9.59 Å². The molecule has 1 saturated heterocycles. The van der Waals surface area contributed by atoms with Crippen LogP contribution in [0.4, 0.5) is 10.5 Å². The quantitative estimate of drug-likeness (QED) is 0.834. The second kappa shape index (κ2) is 4.68. The summed E-state index contributed by atoms with van der Waals surface area (Å²) in [7, 11) is 1.48. The Morgan fingerprint density at radius 2 is 2.00 bits per heavy atom. The Kier molecular flexibility index (Phi) is 3.23. The minimum absolute atomic E-state index is 0.180. The number of hydrogen-bond donors (Lipinski definition) is 2. The van der Waals surface area contributed by atoms with Gasteiger partial charge in [0.25, 0.3) is 0 Å². The van der Waals surface area contributed by atoms with Crippen LogP contribution in [0.25, 0.3) is 0 Å². The maximum Gasteiger partial charge on any atom is 0.325 e. The van der Waals surface area contributed by atoms with Crippen LogP contribution < -0.4 is 10.6 Å². The number of nitrogens with one attached hydrogen (secondary N) is 2. The summed E-state index contributed by atoms with van der Waals surface area (Å²) in [5.74, 6) is -0.180. The molecule has 1 unspecified atom stereocenters. The molecule has 0 radical (unpaired) electrons. The molecule has 1 atom stereocenters. The highest BCUT2D eigenvalue weighted by Gasteiger charge is 2.28. The van der Waals surface area contributed by atoms with Gasteiger partial charge in [0.1, 0.15) is 6.17 Å². The van der Waals surface area contributed by atoms with Crippen LogP contribution >= 0.6 is 0 Å². The summed E-state index contributed by atoms with van der Waals surface area (Å²) in [6.07, 6.45) is -0.0851. The molecule has 2 rings (SSSR count). The number of anilines is 1. The number of hydrogen-bond acceptors (Lipinski definition) is 3. The summed E-state index contributed by atoms with van der Waals surface area (Å²) < 4.78 is 0. The molecular weight excluding hydrogens is 230 g/mol. The molecule has 0 spiro atoms. The number of imide groups is 1. The first-order chi connectivity index (χ1) is 8.47. The molecule has 2 N–H and O–H groups in total. The van der Waals surface area contributed by atoms with Gasteiger partial charge in [0.05, 0.1) is 6.42 Å². The van der Waals surface area contributed by atoms with Gasteiger partial charge in [-0.25, -0.2) is 4.79 Å². The van der Waals surface area contributed by atoms with Gasteiger partial charge in [-0.2, -0.15) is 0 Å². The predicted molar refractivity (Wildman–Crippen MR) is 69.2 cm³/mol. The van der Waals surface area contributed by atoms with Crippen molar-refractivity contribution in [3.63, 3.8) is 0 Å². The first kappa shape index (κ1) is 12.4. The highest BCUT2D eigenvalue weighted by atomic mass is 16.2. The average Bonchev–Trinajstić information content (AvgIpc) is 2.31. The molecule has 18 heavy (non-hydrogen) atoms. The molecule has 0 aromatic heterocycles. The Hall–Kier alpha value is -2.04. The van der Waals surface area contributed by atoms with Gasteiger partial charge >= 0.3 is 6.03 Å². The highest BCUT2D eigenvalue weighted by Crippen LogP contribution is 2.16. The summed E-state index contributed by atoms with van der Waals surface area (Å²) in [6, 6.07) is 5.59. The smallest absolute Gasteiger partial charge is 0.325 e. The highest BCUT2D eigenvalue weighted by molar-refractivity contribution is 5.97. The van der Waals surface area contributed by atoms with Crippen molar-refractivity contribution in [3.05, 3.63) is 29.3 Å². The molecular formula is C13H17N3O2. The normalized spacial score (nSPS) is 19.7. The van der Waals surface area contributed by atoms with E-state index in [-0.39, 0.29) is 24.5 Å². The van der Waals surface area contributed by atoms with E-state index in [0.717, 1.165) is 10.6 Å². The van der Waals surface area contributed by atoms with Crippen LogP contribution in [0.3, 0.4) is 0 Å². The van der Waals surface area contributed by atoms with Crippen LogP contribution in [0, 0.1) is 13.8 Å². The minimum Gasteiger partial charge on any atom is -0.365 e. The number of rotatable bonds is 2. The fraction of sp³-hybridized carbons (Fsp3) is 0.385. The van der Waals surface area contributed by atoms with Gasteiger partial charge in [-0.15, -0.1) is 0 Å². The summed E-state index contributed by atoms with van der Waals surface area (Å²) >= 11 is 0. The first-order valence-electron chi connectivity index (χ1n) is 5.88. The Labute approximate surface area is 106 Å². The van der Waals surface area contributed by atoms with Crippen LogP contribution in [-0.2, 0) is 4.79 Å². The van der Waals surface area contributed by atoms with Crippen LogP contribution in [-0.4, -0.2) is 30.1 Å². The second-order valence-corrected chi connectivity index (χ2v) is 4.60. The molecule has 5 heteroatoms. The van der Waals surface area contributed by atoms with Crippen molar-refractivity contribution in [2.45, 2.75) is 26.4 Å². The third-order valence-electron chi connectivity index (χ3n) is 3.20. The molecule has 0 aliphatic carbocycles. The van der Waals surface area contributed by atoms with Crippen molar-refractivity contribution in [2.75, 3.05) is 12.4 Å². The topological polar surface area (TPSA) is 61.4 Å². The van der Waals surface area contributed by atoms with Crippen molar-refractivity contribution in [1.82, 2.24) is 10.2 Å². The van der Waals surface area contributed by atoms with Gasteiger partial charge in [0.2, 0.25) is 5.91 Å². The van der Waals surface area contributed by atoms with E-state index in [1.54, 1.807) is 0 Å². The van der Waals surface area contributed by atoms with Crippen molar-refractivity contribution >= 4 is 17.6 Å². The zero-order valence-electron chi connectivity index (χ0n) is 10.8. The zero-order chi connectivity index (χ0) is 13.3. The molecule has 3 amide bonds. The molecule has 96 valence electrons. The van der Waals surface area contributed by atoms with Crippen LogP contribution in [0.5, 0.6) is 0 Å². The number of carbonyl (C=O) groups excluding carboxylic acids is 2. The number of amides is 3. The summed E-state index contributed by atoms with van der Waals surface area (Å²) in [5.41, 5.74) is 3.29. The number of benzene rings is 1. The lowest BCUT2D eigenvalue weighted by atomic mass is 10.1. The molecule has 0 bridgehead atoms. The van der Waals surface area contributed by atoms with Gasteiger partial charge in [-0.05, 0) is 37.1 Å². The van der Waals surface area contributed by atoms with Gasteiger partial charge < -0.3 is 10.6 Å². The Balaban J connectivity index is 2.08. The maximum absolute atomic E-state index is 11.6. The fourth-order valence-electron chi connectivity index (χ4n) is 1.84.